The summed E-state index contributed by atoms with van der Waals surface area (Å²) in [7, 11) is -3.88. The van der Waals surface area contributed by atoms with Gasteiger partial charge in [-0.05, 0) is 82.6 Å². The quantitative estimate of drug-likeness (QED) is 0.354. The summed E-state index contributed by atoms with van der Waals surface area (Å²) in [4.78, 5) is 13.3. The van der Waals surface area contributed by atoms with E-state index in [1.165, 1.54) is 12.1 Å². The summed E-state index contributed by atoms with van der Waals surface area (Å²) in [5.74, 6) is 0.555. The largest absolute Gasteiger partial charge is 0.494 e. The zero-order valence-corrected chi connectivity index (χ0v) is 21.1. The summed E-state index contributed by atoms with van der Waals surface area (Å²) >= 11 is 0. The molecule has 10 heteroatoms. The van der Waals surface area contributed by atoms with Crippen molar-refractivity contribution in [3.63, 3.8) is 0 Å². The van der Waals surface area contributed by atoms with E-state index in [0.29, 0.717) is 35.8 Å². The van der Waals surface area contributed by atoms with Gasteiger partial charge in [0.05, 0.1) is 17.2 Å². The number of benzene rings is 2. The van der Waals surface area contributed by atoms with Crippen molar-refractivity contribution in [1.29, 1.82) is 0 Å². The van der Waals surface area contributed by atoms with E-state index in [0.717, 1.165) is 22.2 Å². The van der Waals surface area contributed by atoms with Crippen molar-refractivity contribution in [1.82, 2.24) is 9.72 Å². The van der Waals surface area contributed by atoms with Gasteiger partial charge in [-0.25, -0.2) is 13.1 Å². The van der Waals surface area contributed by atoms with Crippen LogP contribution in [0.25, 0.3) is 10.9 Å². The number of nitrogens with one attached hydrogen (secondary N) is 2. The van der Waals surface area contributed by atoms with E-state index in [2.05, 4.69) is 15.2 Å². The second kappa shape index (κ2) is 9.46. The van der Waals surface area contributed by atoms with Gasteiger partial charge >= 0.3 is 0 Å². The fraction of sp³-hybridized carbons (Fsp3) is 0.280. The Balaban J connectivity index is 1.58. The van der Waals surface area contributed by atoms with Gasteiger partial charge in [0.1, 0.15) is 11.4 Å². The van der Waals surface area contributed by atoms with E-state index >= 15 is 0 Å². The molecule has 0 fully saturated rings. The molecule has 2 aromatic carbocycles. The number of hydrogen-bond donors (Lipinski definition) is 2. The average molecular weight is 497 g/mol. The molecule has 0 aliphatic heterocycles. The minimum atomic E-state index is -3.88. The highest BCUT2D eigenvalue weighted by Gasteiger charge is 2.22. The summed E-state index contributed by atoms with van der Waals surface area (Å²) in [5.41, 5.74) is 4.04. The van der Waals surface area contributed by atoms with Crippen LogP contribution in [0.1, 0.15) is 41.2 Å². The molecule has 0 atom stereocenters. The zero-order chi connectivity index (χ0) is 25.3. The number of nitrogens with zero attached hydrogens (tertiary/aromatic N) is 2. The molecule has 4 rings (SSSR count). The molecule has 184 valence electrons. The first kappa shape index (κ1) is 24.3. The SMILES string of the molecule is CCOc1ccc2c(c1)c(C)c(C(=O)Nc1ccc(S(=O)(=O)Nc3onc(C)c3C)cc1)n2CC. The fourth-order valence-electron chi connectivity index (χ4n) is 3.98. The van der Waals surface area contributed by atoms with Crippen LogP contribution < -0.4 is 14.8 Å². The number of hydrogen-bond acceptors (Lipinski definition) is 6. The summed E-state index contributed by atoms with van der Waals surface area (Å²) in [6, 6.07) is 11.7. The summed E-state index contributed by atoms with van der Waals surface area (Å²) in [6.07, 6.45) is 0. The normalized spacial score (nSPS) is 11.6. The lowest BCUT2D eigenvalue weighted by atomic mass is 10.1. The third-order valence-electron chi connectivity index (χ3n) is 5.94. The highest BCUT2D eigenvalue weighted by molar-refractivity contribution is 7.92. The van der Waals surface area contributed by atoms with E-state index in [-0.39, 0.29) is 16.7 Å². The van der Waals surface area contributed by atoms with Gasteiger partial charge in [-0.15, -0.1) is 0 Å². The van der Waals surface area contributed by atoms with Crippen LogP contribution in [0.5, 0.6) is 5.75 Å². The second-order valence-electron chi connectivity index (χ2n) is 8.14. The molecule has 2 aromatic heterocycles. The summed E-state index contributed by atoms with van der Waals surface area (Å²) in [5, 5.41) is 7.59. The van der Waals surface area contributed by atoms with E-state index in [4.69, 9.17) is 9.26 Å². The topological polar surface area (TPSA) is 115 Å². The molecule has 1 amide bonds. The third kappa shape index (κ3) is 4.61. The lowest BCUT2D eigenvalue weighted by Gasteiger charge is -2.11. The Bertz CT molecular complexity index is 1500. The van der Waals surface area contributed by atoms with Crippen molar-refractivity contribution in [2.24, 2.45) is 0 Å². The number of amides is 1. The number of sulfonamides is 1. The Morgan fingerprint density at radius 3 is 2.37 bits per heavy atom. The molecule has 0 aliphatic rings. The van der Waals surface area contributed by atoms with Crippen molar-refractivity contribution in [3.05, 3.63) is 65.0 Å². The van der Waals surface area contributed by atoms with Crippen LogP contribution in [-0.4, -0.2) is 30.7 Å². The maximum absolute atomic E-state index is 13.2. The molecule has 0 saturated heterocycles. The molecule has 0 saturated carbocycles. The number of aromatic nitrogens is 2. The molecule has 9 nitrogen and oxygen atoms in total. The molecule has 0 aliphatic carbocycles. The first-order valence-corrected chi connectivity index (χ1v) is 12.8. The molecular weight excluding hydrogens is 468 g/mol. The van der Waals surface area contributed by atoms with Crippen molar-refractivity contribution in [2.75, 3.05) is 16.6 Å². The van der Waals surface area contributed by atoms with Crippen LogP contribution in [0.15, 0.2) is 51.9 Å². The van der Waals surface area contributed by atoms with Gasteiger partial charge in [-0.2, -0.15) is 0 Å². The Morgan fingerprint density at radius 1 is 1.06 bits per heavy atom. The molecular formula is C25H28N4O5S. The monoisotopic (exact) mass is 496 g/mol. The number of carbonyl (C=O) groups is 1. The molecule has 2 heterocycles. The van der Waals surface area contributed by atoms with E-state index < -0.39 is 10.0 Å². The number of aryl methyl sites for hydroxylation is 3. The van der Waals surface area contributed by atoms with Crippen LogP contribution in [0.4, 0.5) is 11.6 Å². The number of fused-ring (bicyclic) bond motifs is 1. The minimum absolute atomic E-state index is 0.0336. The van der Waals surface area contributed by atoms with Gasteiger partial charge in [0.15, 0.2) is 0 Å². The first-order valence-electron chi connectivity index (χ1n) is 11.3. The lowest BCUT2D eigenvalue weighted by Crippen LogP contribution is -2.18. The maximum atomic E-state index is 13.2. The molecule has 0 radical (unpaired) electrons. The Morgan fingerprint density at radius 2 is 1.77 bits per heavy atom. The molecule has 4 aromatic rings. The predicted molar refractivity (Wildman–Crippen MR) is 135 cm³/mol. The van der Waals surface area contributed by atoms with Gasteiger partial charge in [-0.3, -0.25) is 4.79 Å². The Labute approximate surface area is 204 Å². The van der Waals surface area contributed by atoms with Crippen molar-refractivity contribution in [3.8, 4) is 5.75 Å². The van der Waals surface area contributed by atoms with E-state index in [1.807, 2.05) is 43.5 Å². The van der Waals surface area contributed by atoms with Crippen molar-refractivity contribution < 1.29 is 22.5 Å². The molecule has 35 heavy (non-hydrogen) atoms. The zero-order valence-electron chi connectivity index (χ0n) is 20.3. The van der Waals surface area contributed by atoms with Crippen LogP contribution in [0.2, 0.25) is 0 Å². The second-order valence-corrected chi connectivity index (χ2v) is 9.82. The van der Waals surface area contributed by atoms with Crippen molar-refractivity contribution >= 4 is 38.4 Å². The standard InChI is InChI=1S/C25H28N4O5S/c1-6-29-22-13-10-19(33-7-2)14-21(22)16(4)23(29)24(30)26-18-8-11-20(12-9-18)35(31,32)28-25-15(3)17(5)27-34-25/h8-14,28H,6-7H2,1-5H3,(H,26,30). The molecule has 0 bridgehead atoms. The van der Waals surface area contributed by atoms with Gasteiger partial charge in [0.25, 0.3) is 15.9 Å². The molecule has 0 unspecified atom stereocenters. The highest BCUT2D eigenvalue weighted by atomic mass is 32.2. The van der Waals surface area contributed by atoms with Crippen LogP contribution in [0.3, 0.4) is 0 Å². The average Bonchev–Trinajstić information content (AvgIpc) is 3.29. The molecule has 2 N–H and O–H groups in total. The number of rotatable bonds is 8. The van der Waals surface area contributed by atoms with Gasteiger partial charge in [-0.1, -0.05) is 5.16 Å². The smallest absolute Gasteiger partial charge is 0.272 e. The van der Waals surface area contributed by atoms with Crippen LogP contribution in [-0.2, 0) is 16.6 Å². The predicted octanol–water partition coefficient (Wildman–Crippen LogP) is 5.03. The molecule has 0 spiro atoms. The summed E-state index contributed by atoms with van der Waals surface area (Å²) < 4.78 is 40.5. The Kier molecular flexibility index (Phi) is 6.58. The number of carbonyl (C=O) groups excluding carboxylic acids is 1. The minimum Gasteiger partial charge on any atom is -0.494 e. The lowest BCUT2D eigenvalue weighted by molar-refractivity contribution is 0.101. The van der Waals surface area contributed by atoms with Crippen LogP contribution in [0, 0.1) is 20.8 Å². The number of ether oxygens (including phenoxy) is 1. The van der Waals surface area contributed by atoms with Gasteiger partial charge in [0.2, 0.25) is 5.88 Å². The first-order chi connectivity index (χ1) is 16.7. The van der Waals surface area contributed by atoms with Gasteiger partial charge in [0, 0.05) is 28.7 Å². The van der Waals surface area contributed by atoms with E-state index in [1.54, 1.807) is 26.0 Å². The maximum Gasteiger partial charge on any atom is 0.272 e. The summed E-state index contributed by atoms with van der Waals surface area (Å²) in [6.45, 7) is 10.4. The van der Waals surface area contributed by atoms with Gasteiger partial charge < -0.3 is 19.1 Å². The third-order valence-corrected chi connectivity index (χ3v) is 7.28. The Hall–Kier alpha value is -3.79. The number of anilines is 2. The van der Waals surface area contributed by atoms with Crippen molar-refractivity contribution in [2.45, 2.75) is 46.1 Å². The highest BCUT2D eigenvalue weighted by Crippen LogP contribution is 2.30. The fourth-order valence-corrected chi connectivity index (χ4v) is 5.02. The van der Waals surface area contributed by atoms with E-state index in [9.17, 15) is 13.2 Å². The van der Waals surface area contributed by atoms with Crippen LogP contribution >= 0.6 is 0 Å².